The smallest absolute Gasteiger partial charge is 0.237 e. The Bertz CT molecular complexity index is 654. The molecule has 0 saturated carbocycles. The van der Waals surface area contributed by atoms with E-state index in [1.165, 1.54) is 6.07 Å². The Morgan fingerprint density at radius 1 is 1.14 bits per heavy atom. The van der Waals surface area contributed by atoms with Crippen LogP contribution in [0.15, 0.2) is 48.5 Å². The third-order valence-electron chi connectivity index (χ3n) is 3.39. The molecular formula is C17H19FN2O2. The first-order valence-corrected chi connectivity index (χ1v) is 6.92. The van der Waals surface area contributed by atoms with Crippen LogP contribution in [-0.2, 0) is 17.8 Å². The standard InChI is InChI=1S/C17H19FN2O2/c1-17(20,16(19)21)10-12-6-8-13(9-7-12)11-22-15-5-3-2-4-14(15)18/h2-9H,10-11,20H2,1H3,(H2,19,21). The fourth-order valence-electron chi connectivity index (χ4n) is 1.99. The highest BCUT2D eigenvalue weighted by atomic mass is 19.1. The number of carbonyl (C=O) groups excluding carboxylic acids is 1. The number of carbonyl (C=O) groups is 1. The maximum atomic E-state index is 13.4. The third kappa shape index (κ3) is 4.05. The first-order valence-electron chi connectivity index (χ1n) is 6.92. The van der Waals surface area contributed by atoms with E-state index in [9.17, 15) is 9.18 Å². The summed E-state index contributed by atoms with van der Waals surface area (Å²) in [5, 5.41) is 0. The number of rotatable bonds is 6. The number of para-hydroxylation sites is 1. The van der Waals surface area contributed by atoms with Crippen molar-refractivity contribution in [1.29, 1.82) is 0 Å². The summed E-state index contributed by atoms with van der Waals surface area (Å²) in [6.07, 6.45) is 0.358. The van der Waals surface area contributed by atoms with Crippen molar-refractivity contribution in [2.75, 3.05) is 0 Å². The van der Waals surface area contributed by atoms with Gasteiger partial charge in [0.2, 0.25) is 5.91 Å². The summed E-state index contributed by atoms with van der Waals surface area (Å²) in [4.78, 5) is 11.2. The average Bonchev–Trinajstić information content (AvgIpc) is 2.47. The molecule has 2 aromatic rings. The van der Waals surface area contributed by atoms with Crippen molar-refractivity contribution < 1.29 is 13.9 Å². The number of halogens is 1. The van der Waals surface area contributed by atoms with E-state index in [1.807, 2.05) is 24.3 Å². The van der Waals surface area contributed by atoms with Gasteiger partial charge in [-0.2, -0.15) is 0 Å². The molecule has 4 N–H and O–H groups in total. The largest absolute Gasteiger partial charge is 0.486 e. The molecule has 0 aromatic heterocycles. The molecule has 4 nitrogen and oxygen atoms in total. The molecule has 0 radical (unpaired) electrons. The summed E-state index contributed by atoms with van der Waals surface area (Å²) in [5.74, 6) is -0.714. The van der Waals surface area contributed by atoms with Crippen LogP contribution in [-0.4, -0.2) is 11.4 Å². The molecule has 0 aliphatic rings. The maximum absolute atomic E-state index is 13.4. The van der Waals surface area contributed by atoms with Gasteiger partial charge in [0.05, 0.1) is 5.54 Å². The Balaban J connectivity index is 1.98. The number of hydrogen-bond acceptors (Lipinski definition) is 3. The van der Waals surface area contributed by atoms with Crippen molar-refractivity contribution in [3.8, 4) is 5.75 Å². The third-order valence-corrected chi connectivity index (χ3v) is 3.39. The van der Waals surface area contributed by atoms with Crippen LogP contribution in [0.4, 0.5) is 4.39 Å². The minimum Gasteiger partial charge on any atom is -0.486 e. The fraction of sp³-hybridized carbons (Fsp3) is 0.235. The van der Waals surface area contributed by atoms with Crippen molar-refractivity contribution in [3.63, 3.8) is 0 Å². The molecular weight excluding hydrogens is 283 g/mol. The maximum Gasteiger partial charge on any atom is 0.237 e. The number of ether oxygens (including phenoxy) is 1. The predicted octanol–water partition coefficient (Wildman–Crippen LogP) is 2.15. The second-order valence-electron chi connectivity index (χ2n) is 5.49. The molecule has 116 valence electrons. The number of amides is 1. The van der Waals surface area contributed by atoms with Gasteiger partial charge in [0.25, 0.3) is 0 Å². The lowest BCUT2D eigenvalue weighted by molar-refractivity contribution is -0.122. The summed E-state index contributed by atoms with van der Waals surface area (Å²) in [7, 11) is 0. The Hall–Kier alpha value is -2.40. The lowest BCUT2D eigenvalue weighted by atomic mass is 9.93. The second-order valence-corrected chi connectivity index (χ2v) is 5.49. The molecule has 0 aliphatic carbocycles. The van der Waals surface area contributed by atoms with Crippen LogP contribution in [0.3, 0.4) is 0 Å². The van der Waals surface area contributed by atoms with Crippen LogP contribution < -0.4 is 16.2 Å². The Kier molecular flexibility index (Phi) is 4.78. The Morgan fingerprint density at radius 2 is 1.73 bits per heavy atom. The van der Waals surface area contributed by atoms with Crippen LogP contribution >= 0.6 is 0 Å². The molecule has 1 unspecified atom stereocenters. The van der Waals surface area contributed by atoms with Gasteiger partial charge in [-0.15, -0.1) is 0 Å². The number of primary amides is 1. The van der Waals surface area contributed by atoms with Crippen molar-refractivity contribution in [3.05, 3.63) is 65.5 Å². The molecule has 5 heteroatoms. The molecule has 1 amide bonds. The fourth-order valence-corrected chi connectivity index (χ4v) is 1.99. The molecule has 0 aliphatic heterocycles. The van der Waals surface area contributed by atoms with Crippen LogP contribution in [0, 0.1) is 5.82 Å². The molecule has 0 heterocycles. The molecule has 0 fully saturated rings. The summed E-state index contributed by atoms with van der Waals surface area (Å²) in [5.41, 5.74) is 11.8. The van der Waals surface area contributed by atoms with Gasteiger partial charge in [0.15, 0.2) is 11.6 Å². The molecule has 2 aromatic carbocycles. The van der Waals surface area contributed by atoms with E-state index in [2.05, 4.69) is 0 Å². The molecule has 1 atom stereocenters. The van der Waals surface area contributed by atoms with E-state index in [0.29, 0.717) is 6.42 Å². The lowest BCUT2D eigenvalue weighted by Crippen LogP contribution is -2.51. The van der Waals surface area contributed by atoms with Crippen LogP contribution in [0.25, 0.3) is 0 Å². The zero-order chi connectivity index (χ0) is 16.2. The van der Waals surface area contributed by atoms with Gasteiger partial charge < -0.3 is 16.2 Å². The summed E-state index contributed by atoms with van der Waals surface area (Å²) >= 11 is 0. The van der Waals surface area contributed by atoms with Crippen LogP contribution in [0.1, 0.15) is 18.1 Å². The lowest BCUT2D eigenvalue weighted by Gasteiger charge is -2.20. The summed E-state index contributed by atoms with van der Waals surface area (Å²) in [6.45, 7) is 1.86. The topological polar surface area (TPSA) is 78.3 Å². The monoisotopic (exact) mass is 302 g/mol. The van der Waals surface area contributed by atoms with Crippen LogP contribution in [0.2, 0.25) is 0 Å². The molecule has 22 heavy (non-hydrogen) atoms. The molecule has 0 bridgehead atoms. The number of hydrogen-bond donors (Lipinski definition) is 2. The highest BCUT2D eigenvalue weighted by Gasteiger charge is 2.25. The summed E-state index contributed by atoms with van der Waals surface area (Å²) < 4.78 is 18.9. The quantitative estimate of drug-likeness (QED) is 0.858. The van der Waals surface area contributed by atoms with Gasteiger partial charge in [0, 0.05) is 0 Å². The Morgan fingerprint density at radius 3 is 2.32 bits per heavy atom. The van der Waals surface area contributed by atoms with Crippen molar-refractivity contribution >= 4 is 5.91 Å². The number of benzene rings is 2. The van der Waals surface area contributed by atoms with Gasteiger partial charge >= 0.3 is 0 Å². The average molecular weight is 302 g/mol. The van der Waals surface area contributed by atoms with Crippen molar-refractivity contribution in [1.82, 2.24) is 0 Å². The number of nitrogens with two attached hydrogens (primary N) is 2. The second kappa shape index (κ2) is 6.58. The van der Waals surface area contributed by atoms with E-state index >= 15 is 0 Å². The zero-order valence-electron chi connectivity index (χ0n) is 12.4. The van der Waals surface area contributed by atoms with Crippen molar-refractivity contribution in [2.45, 2.75) is 25.5 Å². The van der Waals surface area contributed by atoms with E-state index in [1.54, 1.807) is 25.1 Å². The van der Waals surface area contributed by atoms with Gasteiger partial charge in [-0.1, -0.05) is 36.4 Å². The molecule has 2 rings (SSSR count). The first kappa shape index (κ1) is 16.0. The highest BCUT2D eigenvalue weighted by Crippen LogP contribution is 2.18. The van der Waals surface area contributed by atoms with E-state index in [0.717, 1.165) is 11.1 Å². The van der Waals surface area contributed by atoms with Gasteiger partial charge in [-0.3, -0.25) is 4.79 Å². The zero-order valence-corrected chi connectivity index (χ0v) is 12.4. The van der Waals surface area contributed by atoms with Gasteiger partial charge in [-0.05, 0) is 36.6 Å². The minimum absolute atomic E-state index is 0.217. The van der Waals surface area contributed by atoms with Gasteiger partial charge in [0.1, 0.15) is 6.61 Å². The summed E-state index contributed by atoms with van der Waals surface area (Å²) in [6, 6.07) is 13.7. The predicted molar refractivity (Wildman–Crippen MR) is 82.7 cm³/mol. The van der Waals surface area contributed by atoms with E-state index in [-0.39, 0.29) is 18.2 Å². The SMILES string of the molecule is CC(N)(Cc1ccc(COc2ccccc2F)cc1)C(N)=O. The normalized spacial score (nSPS) is 13.4. The molecule has 0 spiro atoms. The van der Waals surface area contributed by atoms with E-state index in [4.69, 9.17) is 16.2 Å². The molecule has 0 saturated heterocycles. The van der Waals surface area contributed by atoms with Crippen LogP contribution in [0.5, 0.6) is 5.75 Å². The van der Waals surface area contributed by atoms with E-state index < -0.39 is 11.4 Å². The van der Waals surface area contributed by atoms with Gasteiger partial charge in [-0.25, -0.2) is 4.39 Å². The Labute approximate surface area is 128 Å². The minimum atomic E-state index is -1.08. The first-order chi connectivity index (χ1) is 10.4. The van der Waals surface area contributed by atoms with Crippen molar-refractivity contribution in [2.24, 2.45) is 11.5 Å². The highest BCUT2D eigenvalue weighted by molar-refractivity contribution is 5.84.